The zero-order valence-corrected chi connectivity index (χ0v) is 18.6. The Hall–Kier alpha value is -1.83. The van der Waals surface area contributed by atoms with E-state index >= 15 is 0 Å². The van der Waals surface area contributed by atoms with E-state index in [-0.39, 0.29) is 17.5 Å². The summed E-state index contributed by atoms with van der Waals surface area (Å²) in [6, 6.07) is 0.773. The zero-order chi connectivity index (χ0) is 20.7. The van der Waals surface area contributed by atoms with Crippen LogP contribution < -0.4 is 26.2 Å². The van der Waals surface area contributed by atoms with Gasteiger partial charge in [-0.2, -0.15) is 0 Å². The van der Waals surface area contributed by atoms with E-state index in [0.717, 1.165) is 25.3 Å². The van der Waals surface area contributed by atoms with Gasteiger partial charge in [-0.3, -0.25) is 9.59 Å². The van der Waals surface area contributed by atoms with E-state index < -0.39 is 25.0 Å². The lowest BCUT2D eigenvalue weighted by Gasteiger charge is -2.28. The first kappa shape index (κ1) is 22.5. The average molecular weight is 411 g/mol. The molecule has 0 spiro atoms. The first-order valence-corrected chi connectivity index (χ1v) is 14.0. The van der Waals surface area contributed by atoms with E-state index in [1.165, 1.54) is 26.4 Å². The summed E-state index contributed by atoms with van der Waals surface area (Å²) in [5, 5.41) is 5.94. The van der Waals surface area contributed by atoms with Crippen molar-refractivity contribution in [1.29, 1.82) is 0 Å². The van der Waals surface area contributed by atoms with E-state index in [1.54, 1.807) is 0 Å². The average Bonchev–Trinajstić information content (AvgIpc) is 2.65. The number of alkyl carbamates (subject to hydrolysis) is 1. The molecule has 1 aliphatic rings. The van der Waals surface area contributed by atoms with Gasteiger partial charge in [-0.05, 0) is 18.4 Å². The molecule has 0 radical (unpaired) electrons. The highest BCUT2D eigenvalue weighted by Gasteiger charge is 2.26. The Bertz CT molecular complexity index is 715. The summed E-state index contributed by atoms with van der Waals surface area (Å²) in [5.74, 6) is 0.629. The Morgan fingerprint density at radius 3 is 2.43 bits per heavy atom. The van der Waals surface area contributed by atoms with Gasteiger partial charge in [-0.1, -0.05) is 51.7 Å². The van der Waals surface area contributed by atoms with Crippen LogP contribution in [0.4, 0.5) is 10.5 Å². The Morgan fingerprint density at radius 1 is 1.14 bits per heavy atom. The molecule has 0 aliphatic heterocycles. The third kappa shape index (κ3) is 6.65. The second-order valence-corrected chi connectivity index (χ2v) is 14.6. The number of rotatable bonds is 10. The molecule has 28 heavy (non-hydrogen) atoms. The molecule has 0 saturated heterocycles. The minimum Gasteiger partial charge on any atom is -0.491 e. The largest absolute Gasteiger partial charge is 0.491 e. The first-order valence-electron chi connectivity index (χ1n) is 10.3. The minimum absolute atomic E-state index is 0.0800. The van der Waals surface area contributed by atoms with Gasteiger partial charge in [0.1, 0.15) is 5.69 Å². The third-order valence-corrected chi connectivity index (χ3v) is 7.04. The molecule has 158 valence electrons. The summed E-state index contributed by atoms with van der Waals surface area (Å²) in [6.45, 7) is 7.46. The van der Waals surface area contributed by atoms with Crippen LogP contribution in [0.3, 0.4) is 0 Å². The van der Waals surface area contributed by atoms with Crippen LogP contribution in [0.15, 0.2) is 9.59 Å². The maximum absolute atomic E-state index is 12.0. The van der Waals surface area contributed by atoms with Crippen LogP contribution in [-0.4, -0.2) is 40.5 Å². The SMILES string of the molecule is COc1c(N[C@H](CNC(=O)OCC[Si](C)(C)C)CC2CCCCC2)c(=O)c1=O. The molecular weight excluding hydrogens is 376 g/mol. The van der Waals surface area contributed by atoms with Crippen molar-refractivity contribution in [2.45, 2.75) is 70.3 Å². The van der Waals surface area contributed by atoms with Crippen molar-refractivity contribution in [2.75, 3.05) is 25.6 Å². The highest BCUT2D eigenvalue weighted by atomic mass is 28.3. The highest BCUT2D eigenvalue weighted by Crippen LogP contribution is 2.28. The number of hydrogen-bond donors (Lipinski definition) is 2. The number of methoxy groups -OCH3 is 1. The van der Waals surface area contributed by atoms with Crippen molar-refractivity contribution in [3.05, 3.63) is 20.4 Å². The molecule has 1 amide bonds. The van der Waals surface area contributed by atoms with Crippen LogP contribution in [0, 0.1) is 5.92 Å². The standard InChI is InChI=1S/C20H34N2O5Si/c1-26-19-16(17(23)18(19)24)22-15(12-14-8-6-5-7-9-14)13-21-20(25)27-10-11-28(2,3)4/h14-15,22H,5-13H2,1-4H3,(H,21,25)/t15-/m0/s1. The highest BCUT2D eigenvalue weighted by molar-refractivity contribution is 6.76. The monoisotopic (exact) mass is 410 g/mol. The van der Waals surface area contributed by atoms with Gasteiger partial charge in [0, 0.05) is 20.7 Å². The quantitative estimate of drug-likeness (QED) is 0.455. The Morgan fingerprint density at radius 2 is 1.82 bits per heavy atom. The van der Waals surface area contributed by atoms with Gasteiger partial charge in [-0.15, -0.1) is 0 Å². The molecule has 1 aromatic carbocycles. The number of anilines is 1. The lowest BCUT2D eigenvalue weighted by molar-refractivity contribution is 0.151. The van der Waals surface area contributed by atoms with Gasteiger partial charge >= 0.3 is 6.09 Å². The number of carbonyl (C=O) groups excluding carboxylic acids is 1. The van der Waals surface area contributed by atoms with Crippen molar-refractivity contribution < 1.29 is 14.3 Å². The second kappa shape index (κ2) is 10.1. The number of amides is 1. The zero-order valence-electron chi connectivity index (χ0n) is 17.6. The normalized spacial score (nSPS) is 16.6. The van der Waals surface area contributed by atoms with Gasteiger partial charge in [0.2, 0.25) is 0 Å². The molecule has 0 aromatic heterocycles. The van der Waals surface area contributed by atoms with Crippen LogP contribution in [0.2, 0.25) is 25.7 Å². The molecule has 1 aromatic rings. The van der Waals surface area contributed by atoms with Gasteiger partial charge in [0.05, 0.1) is 13.7 Å². The minimum atomic E-state index is -1.25. The van der Waals surface area contributed by atoms with Crippen molar-refractivity contribution in [3.63, 3.8) is 0 Å². The van der Waals surface area contributed by atoms with Crippen molar-refractivity contribution in [3.8, 4) is 5.75 Å². The van der Waals surface area contributed by atoms with E-state index in [1.807, 2.05) is 0 Å². The molecule has 1 saturated carbocycles. The van der Waals surface area contributed by atoms with Crippen LogP contribution in [0.5, 0.6) is 5.75 Å². The van der Waals surface area contributed by atoms with Crippen molar-refractivity contribution >= 4 is 19.9 Å². The topological polar surface area (TPSA) is 93.7 Å². The fraction of sp³-hybridized carbons (Fsp3) is 0.750. The van der Waals surface area contributed by atoms with Crippen LogP contribution >= 0.6 is 0 Å². The third-order valence-electron chi connectivity index (χ3n) is 5.34. The van der Waals surface area contributed by atoms with Gasteiger partial charge in [0.15, 0.2) is 5.75 Å². The summed E-state index contributed by atoms with van der Waals surface area (Å²) >= 11 is 0. The fourth-order valence-corrected chi connectivity index (χ4v) is 4.34. The fourth-order valence-electron chi connectivity index (χ4n) is 3.63. The van der Waals surface area contributed by atoms with Gasteiger partial charge in [-0.25, -0.2) is 4.79 Å². The molecule has 0 heterocycles. The molecular formula is C20H34N2O5Si. The maximum atomic E-state index is 12.0. The molecule has 0 bridgehead atoms. The van der Waals surface area contributed by atoms with Crippen LogP contribution in [0.25, 0.3) is 0 Å². The lowest BCUT2D eigenvalue weighted by atomic mass is 9.84. The Balaban J connectivity index is 1.92. The molecule has 1 fully saturated rings. The van der Waals surface area contributed by atoms with Crippen molar-refractivity contribution in [2.24, 2.45) is 5.92 Å². The Labute approximate surface area is 167 Å². The van der Waals surface area contributed by atoms with Gasteiger partial charge < -0.3 is 20.1 Å². The predicted molar refractivity (Wildman–Crippen MR) is 114 cm³/mol. The summed E-state index contributed by atoms with van der Waals surface area (Å²) < 4.78 is 10.3. The summed E-state index contributed by atoms with van der Waals surface area (Å²) in [7, 11) is 0.130. The second-order valence-electron chi connectivity index (χ2n) is 8.97. The molecule has 1 atom stereocenters. The number of ether oxygens (including phenoxy) is 2. The summed E-state index contributed by atoms with van der Waals surface area (Å²) in [6.07, 6.45) is 6.40. The molecule has 1 aliphatic carbocycles. The number of nitrogens with one attached hydrogen (secondary N) is 2. The molecule has 2 rings (SSSR count). The van der Waals surface area contributed by atoms with E-state index in [2.05, 4.69) is 30.3 Å². The maximum Gasteiger partial charge on any atom is 0.407 e. The number of hydrogen-bond acceptors (Lipinski definition) is 6. The molecule has 0 unspecified atom stereocenters. The van der Waals surface area contributed by atoms with E-state index in [0.29, 0.717) is 19.1 Å². The predicted octanol–water partition coefficient (Wildman–Crippen LogP) is 3.11. The van der Waals surface area contributed by atoms with E-state index in [9.17, 15) is 14.4 Å². The molecule has 8 heteroatoms. The molecule has 2 N–H and O–H groups in total. The smallest absolute Gasteiger partial charge is 0.407 e. The van der Waals surface area contributed by atoms with E-state index in [4.69, 9.17) is 9.47 Å². The van der Waals surface area contributed by atoms with Gasteiger partial charge in [0.25, 0.3) is 10.9 Å². The molecule has 7 nitrogen and oxygen atoms in total. The Kier molecular flexibility index (Phi) is 8.09. The number of carbonyl (C=O) groups is 1. The van der Waals surface area contributed by atoms with Crippen LogP contribution in [0.1, 0.15) is 38.5 Å². The summed E-state index contributed by atoms with van der Waals surface area (Å²) in [5.41, 5.74) is -0.925. The summed E-state index contributed by atoms with van der Waals surface area (Å²) in [4.78, 5) is 35.5. The van der Waals surface area contributed by atoms with Crippen molar-refractivity contribution in [1.82, 2.24) is 5.32 Å². The lowest BCUT2D eigenvalue weighted by Crippen LogP contribution is -2.43. The first-order chi connectivity index (χ1) is 13.2. The van der Waals surface area contributed by atoms with Crippen LogP contribution in [-0.2, 0) is 4.74 Å².